The summed E-state index contributed by atoms with van der Waals surface area (Å²) >= 11 is -3.83. The van der Waals surface area contributed by atoms with Gasteiger partial charge in [0, 0.05) is 0 Å². The van der Waals surface area contributed by atoms with Crippen LogP contribution in [-0.2, 0) is 30.7 Å². The summed E-state index contributed by atoms with van der Waals surface area (Å²) in [5.74, 6) is -1.28. The number of esters is 1. The Morgan fingerprint density at radius 2 is 1.13 bits per heavy atom. The second kappa shape index (κ2) is 17.1. The molecule has 0 radical (unpaired) electrons. The Morgan fingerprint density at radius 3 is 1.59 bits per heavy atom. The van der Waals surface area contributed by atoms with E-state index < -0.39 is 43.3 Å². The number of benzene rings is 3. The fraction of sp³-hybridized carbons (Fsp3) is 0.394. The topological polar surface area (TPSA) is 72.8 Å². The van der Waals surface area contributed by atoms with Crippen LogP contribution in [0.1, 0.15) is 68.6 Å². The molecule has 0 aliphatic rings. The van der Waals surface area contributed by atoms with Crippen molar-refractivity contribution in [1.82, 2.24) is 0 Å². The molecule has 6 heteroatoms. The third-order valence-corrected chi connectivity index (χ3v) is 17.7. The van der Waals surface area contributed by atoms with E-state index in [9.17, 15) is 14.7 Å². The number of carbonyl (C=O) groups is 2. The molecule has 0 aliphatic heterocycles. The van der Waals surface area contributed by atoms with Gasteiger partial charge in [0.05, 0.1) is 0 Å². The molecule has 0 bridgehead atoms. The minimum absolute atomic E-state index is 0.260. The molecule has 1 unspecified atom stereocenters. The number of carbonyl (C=O) groups excluding carboxylic acids is 2. The molecule has 0 spiro atoms. The summed E-state index contributed by atoms with van der Waals surface area (Å²) in [6, 6.07) is 30.4. The molecule has 3 aromatic rings. The van der Waals surface area contributed by atoms with E-state index in [-0.39, 0.29) is 6.61 Å². The van der Waals surface area contributed by atoms with Crippen molar-refractivity contribution in [1.29, 1.82) is 0 Å². The number of hydrogen-bond acceptors (Lipinski definition) is 5. The van der Waals surface area contributed by atoms with Crippen LogP contribution in [0.15, 0.2) is 91.0 Å². The first-order valence-electron chi connectivity index (χ1n) is 14.2. The zero-order valence-electron chi connectivity index (χ0n) is 23.1. The van der Waals surface area contributed by atoms with Crippen LogP contribution in [-0.4, -0.2) is 48.5 Å². The molecule has 3 aromatic carbocycles. The van der Waals surface area contributed by atoms with Crippen molar-refractivity contribution in [3.8, 4) is 0 Å². The van der Waals surface area contributed by atoms with Crippen LogP contribution in [0.3, 0.4) is 0 Å². The Morgan fingerprint density at radius 1 is 0.692 bits per heavy atom. The molecule has 0 aliphatic carbocycles. The predicted octanol–water partition coefficient (Wildman–Crippen LogP) is 6.48. The summed E-state index contributed by atoms with van der Waals surface area (Å²) in [7, 11) is 0. The Hall–Kier alpha value is -2.64. The zero-order valence-corrected chi connectivity index (χ0v) is 26.0. The van der Waals surface area contributed by atoms with Gasteiger partial charge >= 0.3 is 225 Å². The Labute approximate surface area is 238 Å². The molecule has 1 atom stereocenters. The Kier molecular flexibility index (Phi) is 13.6. The van der Waals surface area contributed by atoms with Crippen molar-refractivity contribution >= 4 is 30.7 Å². The first kappa shape index (κ1) is 30.9. The summed E-state index contributed by atoms with van der Waals surface area (Å²) in [6.07, 6.45) is 4.52. The number of hydrogen-bond donors (Lipinski definition) is 1. The Balaban J connectivity index is 1.71. The van der Waals surface area contributed by atoms with Gasteiger partial charge in [0.15, 0.2) is 0 Å². The maximum atomic E-state index is 13.3. The van der Waals surface area contributed by atoms with Crippen LogP contribution < -0.4 is 0 Å². The normalized spacial score (nSPS) is 12.1. The van der Waals surface area contributed by atoms with Crippen LogP contribution in [0.2, 0.25) is 0 Å². The predicted molar refractivity (Wildman–Crippen MR) is 157 cm³/mol. The summed E-state index contributed by atoms with van der Waals surface area (Å²) in [4.78, 5) is 25.7. The standard InChI is InChI=1S/C12H22O5.3C7H7.Sn/c1-2-3-4-5-6-7-8-17-12(16)10(13)9-11(14)15;3*1-7-5-3-2-4-6-7;/h10,13H,2-9H2,1H3,(H,14,15);3*2-6H,1H2;/q;;;;+1/p-1. The molecule has 0 heterocycles. The molecule has 0 amide bonds. The van der Waals surface area contributed by atoms with Crippen LogP contribution in [0, 0.1) is 0 Å². The van der Waals surface area contributed by atoms with Gasteiger partial charge in [-0.3, -0.25) is 0 Å². The second-order valence-corrected chi connectivity index (χ2v) is 20.7. The second-order valence-electron chi connectivity index (χ2n) is 10.3. The van der Waals surface area contributed by atoms with Crippen molar-refractivity contribution in [2.45, 2.75) is 71.3 Å². The average molecular weight is 637 g/mol. The van der Waals surface area contributed by atoms with E-state index in [1.165, 1.54) is 19.3 Å². The summed E-state index contributed by atoms with van der Waals surface area (Å²) in [6.45, 7) is 2.43. The van der Waals surface area contributed by atoms with Gasteiger partial charge in [-0.05, 0) is 0 Å². The van der Waals surface area contributed by atoms with Gasteiger partial charge in [-0.1, -0.05) is 13.3 Å². The monoisotopic (exact) mass is 638 g/mol. The molecule has 0 saturated heterocycles. The van der Waals surface area contributed by atoms with Crippen LogP contribution in [0.4, 0.5) is 0 Å². The van der Waals surface area contributed by atoms with Crippen molar-refractivity contribution in [2.75, 3.05) is 6.61 Å². The van der Waals surface area contributed by atoms with Gasteiger partial charge in [0.25, 0.3) is 0 Å². The van der Waals surface area contributed by atoms with E-state index in [1.807, 2.05) is 54.6 Å². The summed E-state index contributed by atoms with van der Waals surface area (Å²) in [5, 5.41) is 10.5. The van der Waals surface area contributed by atoms with Crippen LogP contribution in [0.5, 0.6) is 0 Å². The fourth-order valence-electron chi connectivity index (χ4n) is 4.88. The Bertz CT molecular complexity index is 1000. The fourth-order valence-corrected chi connectivity index (χ4v) is 16.6. The number of aliphatic hydroxyl groups excluding tert-OH is 1. The van der Waals surface area contributed by atoms with Crippen molar-refractivity contribution in [3.05, 3.63) is 108 Å². The number of rotatable bonds is 17. The summed E-state index contributed by atoms with van der Waals surface area (Å²) < 4.78 is 13.8. The van der Waals surface area contributed by atoms with E-state index in [2.05, 4.69) is 43.3 Å². The molecule has 5 nitrogen and oxygen atoms in total. The molecule has 0 fully saturated rings. The van der Waals surface area contributed by atoms with E-state index >= 15 is 0 Å². The number of ether oxygens (including phenoxy) is 1. The van der Waals surface area contributed by atoms with E-state index in [1.54, 1.807) is 0 Å². The van der Waals surface area contributed by atoms with Gasteiger partial charge < -0.3 is 0 Å². The van der Waals surface area contributed by atoms with Crippen molar-refractivity contribution in [3.63, 3.8) is 0 Å². The quantitative estimate of drug-likeness (QED) is 0.104. The SMILES string of the molecule is CCCCCCCCOC(=O)C(O)CC(=O)[O][Sn]([CH2]c1ccccc1)([CH2]c1ccccc1)[CH2]c1ccccc1. The van der Waals surface area contributed by atoms with Gasteiger partial charge in [-0.2, -0.15) is 0 Å². The number of aliphatic hydroxyl groups is 1. The van der Waals surface area contributed by atoms with Gasteiger partial charge in [-0.15, -0.1) is 0 Å². The van der Waals surface area contributed by atoms with Gasteiger partial charge in [-0.25, -0.2) is 0 Å². The third-order valence-electron chi connectivity index (χ3n) is 6.81. The van der Waals surface area contributed by atoms with Crippen molar-refractivity contribution in [2.24, 2.45) is 0 Å². The molecular formula is C33H42O5Sn. The summed E-state index contributed by atoms with van der Waals surface area (Å²) in [5.41, 5.74) is 3.39. The first-order valence-corrected chi connectivity index (χ1v) is 21.4. The molecule has 0 aromatic heterocycles. The first-order chi connectivity index (χ1) is 19.0. The maximum absolute atomic E-state index is 13.3. The van der Waals surface area contributed by atoms with Gasteiger partial charge in [0.2, 0.25) is 0 Å². The molecule has 1 N–H and O–H groups in total. The molecule has 0 saturated carbocycles. The van der Waals surface area contributed by atoms with E-state index in [4.69, 9.17) is 7.81 Å². The van der Waals surface area contributed by atoms with E-state index in [0.29, 0.717) is 13.3 Å². The molecule has 3 rings (SSSR count). The minimum atomic E-state index is -3.83. The zero-order chi connectivity index (χ0) is 27.8. The third kappa shape index (κ3) is 11.6. The van der Waals surface area contributed by atoms with E-state index in [0.717, 1.165) is 36.0 Å². The van der Waals surface area contributed by atoms with Crippen molar-refractivity contribution < 1.29 is 22.5 Å². The van der Waals surface area contributed by atoms with Gasteiger partial charge in [0.1, 0.15) is 0 Å². The molecular weight excluding hydrogens is 595 g/mol. The average Bonchev–Trinajstić information content (AvgIpc) is 2.94. The molecule has 208 valence electrons. The van der Waals surface area contributed by atoms with Crippen LogP contribution >= 0.6 is 0 Å². The molecule has 39 heavy (non-hydrogen) atoms. The van der Waals surface area contributed by atoms with Crippen LogP contribution in [0.25, 0.3) is 0 Å². The number of unbranched alkanes of at least 4 members (excludes halogenated alkanes) is 5.